The smallest absolute Gasteiger partial charge is 0.0459 e. The van der Waals surface area contributed by atoms with E-state index in [0.29, 0.717) is 6.54 Å². The Hall–Kier alpha value is -0.220. The van der Waals surface area contributed by atoms with Gasteiger partial charge in [-0.1, -0.05) is 23.7 Å². The molecule has 1 atom stereocenters. The Bertz CT molecular complexity index is 303. The summed E-state index contributed by atoms with van der Waals surface area (Å²) in [4.78, 5) is 0. The predicted octanol–water partition coefficient (Wildman–Crippen LogP) is 3.10. The van der Waals surface area contributed by atoms with Gasteiger partial charge in [0.05, 0.1) is 0 Å². The van der Waals surface area contributed by atoms with Gasteiger partial charge in [0.1, 0.15) is 0 Å². The number of benzene rings is 1. The molecule has 0 aliphatic carbocycles. The van der Waals surface area contributed by atoms with Crippen LogP contribution in [0.1, 0.15) is 12.0 Å². The van der Waals surface area contributed by atoms with Crippen molar-refractivity contribution in [2.24, 2.45) is 0 Å². The highest BCUT2D eigenvalue weighted by molar-refractivity contribution is 7.99. The van der Waals surface area contributed by atoms with Crippen molar-refractivity contribution in [3.63, 3.8) is 0 Å². The quantitative estimate of drug-likeness (QED) is 0.795. The van der Waals surface area contributed by atoms with E-state index in [4.69, 9.17) is 11.6 Å². The van der Waals surface area contributed by atoms with Crippen LogP contribution in [-0.4, -0.2) is 17.0 Å². The molecule has 2 rings (SSSR count). The Morgan fingerprint density at radius 1 is 1.43 bits per heavy atom. The van der Waals surface area contributed by atoms with Crippen LogP contribution in [0, 0.1) is 5.21 Å². The summed E-state index contributed by atoms with van der Waals surface area (Å²) in [7, 11) is 0. The van der Waals surface area contributed by atoms with Gasteiger partial charge in [0.25, 0.3) is 0 Å². The predicted molar refractivity (Wildman–Crippen MR) is 61.2 cm³/mol. The zero-order valence-corrected chi connectivity index (χ0v) is 9.22. The van der Waals surface area contributed by atoms with Crippen LogP contribution >= 0.6 is 23.4 Å². The molecule has 1 saturated heterocycles. The summed E-state index contributed by atoms with van der Waals surface area (Å²) in [6.07, 6.45) is 1.02. The third kappa shape index (κ3) is 2.42. The minimum atomic E-state index is 0.172. The van der Waals surface area contributed by atoms with E-state index in [9.17, 15) is 5.21 Å². The van der Waals surface area contributed by atoms with E-state index in [1.54, 1.807) is 11.8 Å². The van der Waals surface area contributed by atoms with E-state index in [1.807, 2.05) is 24.3 Å². The number of hydroxylamine groups is 2. The van der Waals surface area contributed by atoms with Gasteiger partial charge >= 0.3 is 0 Å². The SMILES string of the molecule is [O-]N1CCC1SCc1ccc(Cl)cc1. The van der Waals surface area contributed by atoms with Crippen LogP contribution in [-0.2, 0) is 5.75 Å². The number of rotatable bonds is 3. The third-order valence-electron chi connectivity index (χ3n) is 2.27. The Balaban J connectivity index is 1.83. The molecular formula is C10H11ClNOS-. The monoisotopic (exact) mass is 228 g/mol. The molecule has 0 spiro atoms. The maximum absolute atomic E-state index is 11.0. The van der Waals surface area contributed by atoms with Crippen LogP contribution in [0.3, 0.4) is 0 Å². The first-order chi connectivity index (χ1) is 6.75. The van der Waals surface area contributed by atoms with Crippen molar-refractivity contribution in [1.29, 1.82) is 0 Å². The highest BCUT2D eigenvalue weighted by Gasteiger charge is 2.19. The highest BCUT2D eigenvalue weighted by atomic mass is 35.5. The Morgan fingerprint density at radius 2 is 2.14 bits per heavy atom. The average molecular weight is 229 g/mol. The number of nitrogens with zero attached hydrogens (tertiary/aromatic N) is 1. The second kappa shape index (κ2) is 4.53. The van der Waals surface area contributed by atoms with Crippen molar-refractivity contribution in [1.82, 2.24) is 5.06 Å². The van der Waals surface area contributed by atoms with Gasteiger partial charge in [0.15, 0.2) is 0 Å². The van der Waals surface area contributed by atoms with Gasteiger partial charge in [-0.25, -0.2) is 0 Å². The molecule has 14 heavy (non-hydrogen) atoms. The topological polar surface area (TPSA) is 26.3 Å². The first-order valence-electron chi connectivity index (χ1n) is 4.55. The standard InChI is InChI=1S/C10H11ClNOS/c11-9-3-1-8(2-4-9)7-14-10-5-6-12(10)13/h1-4,10H,5-7H2/q-1. The summed E-state index contributed by atoms with van der Waals surface area (Å²) >= 11 is 7.47. The highest BCUT2D eigenvalue weighted by Crippen LogP contribution is 2.29. The maximum Gasteiger partial charge on any atom is 0.0459 e. The molecule has 1 aliphatic heterocycles. The molecule has 0 amide bonds. The fourth-order valence-electron chi connectivity index (χ4n) is 1.28. The Kier molecular flexibility index (Phi) is 3.34. The summed E-state index contributed by atoms with van der Waals surface area (Å²) in [6, 6.07) is 7.77. The van der Waals surface area contributed by atoms with Crippen LogP contribution in [0.5, 0.6) is 0 Å². The van der Waals surface area contributed by atoms with Gasteiger partial charge in [-0.3, -0.25) is 0 Å². The van der Waals surface area contributed by atoms with E-state index in [-0.39, 0.29) is 5.37 Å². The lowest BCUT2D eigenvalue weighted by atomic mass is 10.2. The van der Waals surface area contributed by atoms with E-state index >= 15 is 0 Å². The summed E-state index contributed by atoms with van der Waals surface area (Å²) in [5.74, 6) is 0.889. The number of halogens is 1. The molecule has 4 heteroatoms. The van der Waals surface area contributed by atoms with Gasteiger partial charge in [0.2, 0.25) is 0 Å². The normalized spacial score (nSPS) is 22.0. The molecule has 1 unspecified atom stereocenters. The minimum Gasteiger partial charge on any atom is -0.784 e. The van der Waals surface area contributed by atoms with Crippen LogP contribution in [0.4, 0.5) is 0 Å². The van der Waals surface area contributed by atoms with Crippen molar-refractivity contribution in [2.75, 3.05) is 6.54 Å². The second-order valence-electron chi connectivity index (χ2n) is 3.32. The second-order valence-corrected chi connectivity index (χ2v) is 4.92. The summed E-state index contributed by atoms with van der Waals surface area (Å²) in [5, 5.41) is 13.0. The van der Waals surface area contributed by atoms with Crippen molar-refractivity contribution in [2.45, 2.75) is 17.5 Å². The molecule has 1 aromatic rings. The van der Waals surface area contributed by atoms with Crippen molar-refractivity contribution < 1.29 is 0 Å². The first-order valence-corrected chi connectivity index (χ1v) is 5.98. The fourth-order valence-corrected chi connectivity index (χ4v) is 2.53. The van der Waals surface area contributed by atoms with Gasteiger partial charge in [-0.05, 0) is 30.7 Å². The average Bonchev–Trinajstić information content (AvgIpc) is 2.19. The van der Waals surface area contributed by atoms with Crippen LogP contribution < -0.4 is 0 Å². The van der Waals surface area contributed by atoms with E-state index in [1.165, 1.54) is 5.56 Å². The zero-order chi connectivity index (χ0) is 9.97. The summed E-state index contributed by atoms with van der Waals surface area (Å²) in [5.41, 5.74) is 1.22. The molecule has 1 fully saturated rings. The maximum atomic E-state index is 11.0. The summed E-state index contributed by atoms with van der Waals surface area (Å²) < 4.78 is 0. The third-order valence-corrected chi connectivity index (χ3v) is 3.88. The molecule has 0 saturated carbocycles. The largest absolute Gasteiger partial charge is 0.784 e. The van der Waals surface area contributed by atoms with Crippen molar-refractivity contribution in [3.8, 4) is 0 Å². The van der Waals surface area contributed by atoms with E-state index in [0.717, 1.165) is 22.3 Å². The Labute approximate surface area is 92.8 Å². The van der Waals surface area contributed by atoms with Gasteiger partial charge < -0.3 is 10.3 Å². The van der Waals surface area contributed by atoms with Crippen LogP contribution in [0.2, 0.25) is 5.02 Å². The zero-order valence-electron chi connectivity index (χ0n) is 7.65. The molecule has 2 nitrogen and oxygen atoms in total. The molecule has 76 valence electrons. The molecule has 0 bridgehead atoms. The molecule has 1 aliphatic rings. The van der Waals surface area contributed by atoms with Crippen LogP contribution in [0.25, 0.3) is 0 Å². The van der Waals surface area contributed by atoms with E-state index in [2.05, 4.69) is 0 Å². The first kappa shape index (κ1) is 10.3. The fraction of sp³-hybridized carbons (Fsp3) is 0.400. The van der Waals surface area contributed by atoms with Crippen LogP contribution in [0.15, 0.2) is 24.3 Å². The molecule has 0 aromatic heterocycles. The van der Waals surface area contributed by atoms with Crippen molar-refractivity contribution in [3.05, 3.63) is 40.1 Å². The number of hydrogen-bond acceptors (Lipinski definition) is 3. The summed E-state index contributed by atoms with van der Waals surface area (Å²) in [6.45, 7) is 0.693. The number of hydrogen-bond donors (Lipinski definition) is 0. The molecule has 0 radical (unpaired) electrons. The van der Waals surface area contributed by atoms with Gasteiger partial charge in [-0.15, -0.1) is 11.8 Å². The lowest BCUT2D eigenvalue weighted by Gasteiger charge is -2.46. The minimum absolute atomic E-state index is 0.172. The molecule has 0 N–H and O–H groups in total. The molecule has 1 heterocycles. The lowest BCUT2D eigenvalue weighted by molar-refractivity contribution is 0.233. The lowest BCUT2D eigenvalue weighted by Crippen LogP contribution is -2.40. The van der Waals surface area contributed by atoms with Crippen molar-refractivity contribution >= 4 is 23.4 Å². The Morgan fingerprint density at radius 3 is 2.64 bits per heavy atom. The van der Waals surface area contributed by atoms with Gasteiger partial charge in [-0.2, -0.15) is 0 Å². The molecular weight excluding hydrogens is 218 g/mol. The molecule has 1 aromatic carbocycles. The van der Waals surface area contributed by atoms with Gasteiger partial charge in [0, 0.05) is 16.1 Å². The number of thioether (sulfide) groups is 1. The van der Waals surface area contributed by atoms with E-state index < -0.39 is 0 Å².